The summed E-state index contributed by atoms with van der Waals surface area (Å²) in [5.41, 5.74) is 4.62. The maximum Gasteiger partial charge on any atom is 0.264 e. The van der Waals surface area contributed by atoms with Crippen LogP contribution in [-0.4, -0.2) is 21.1 Å². The second kappa shape index (κ2) is 8.13. The van der Waals surface area contributed by atoms with E-state index in [1.165, 1.54) is 28.6 Å². The van der Waals surface area contributed by atoms with E-state index in [-0.39, 0.29) is 5.82 Å². The number of nitrogens with zero attached hydrogens (tertiary/aromatic N) is 4. The predicted molar refractivity (Wildman–Crippen MR) is 101 cm³/mol. The second-order valence-electron chi connectivity index (χ2n) is 5.02. The Bertz CT molecular complexity index is 881. The number of nitrogens with two attached hydrogens (primary N) is 1. The van der Waals surface area contributed by atoms with Crippen molar-refractivity contribution in [2.24, 2.45) is 5.10 Å². The highest BCUT2D eigenvalue weighted by molar-refractivity contribution is 9.10. The summed E-state index contributed by atoms with van der Waals surface area (Å²) in [5.74, 6) is 6.71. The molecule has 0 unspecified atom stereocenters. The lowest BCUT2D eigenvalue weighted by atomic mass is 10.2. The van der Waals surface area contributed by atoms with Gasteiger partial charge in [0.1, 0.15) is 5.82 Å². The summed E-state index contributed by atoms with van der Waals surface area (Å²) in [6, 6.07) is 14.0. The van der Waals surface area contributed by atoms with Crippen LogP contribution in [0.5, 0.6) is 0 Å². The minimum absolute atomic E-state index is 0.293. The highest BCUT2D eigenvalue weighted by Gasteiger charge is 2.09. The van der Waals surface area contributed by atoms with E-state index in [2.05, 4.69) is 36.7 Å². The molecule has 0 atom stereocenters. The normalized spacial score (nSPS) is 11.1. The van der Waals surface area contributed by atoms with E-state index in [9.17, 15) is 4.39 Å². The molecule has 9 heteroatoms. The molecular weight excluding hydrogens is 407 g/mol. The average molecular weight is 421 g/mol. The Balaban J connectivity index is 1.60. The summed E-state index contributed by atoms with van der Waals surface area (Å²) in [4.78, 5) is 0. The molecule has 3 rings (SSSR count). The van der Waals surface area contributed by atoms with Crippen LogP contribution >= 0.6 is 27.7 Å². The van der Waals surface area contributed by atoms with Crippen molar-refractivity contribution in [1.82, 2.24) is 14.9 Å². The molecular formula is C16H14BrFN6S. The zero-order valence-corrected chi connectivity index (χ0v) is 15.3. The molecule has 0 amide bonds. The lowest BCUT2D eigenvalue weighted by Crippen LogP contribution is -2.13. The monoisotopic (exact) mass is 420 g/mol. The molecule has 25 heavy (non-hydrogen) atoms. The molecule has 0 saturated carbocycles. The van der Waals surface area contributed by atoms with E-state index >= 15 is 0 Å². The first-order valence-electron chi connectivity index (χ1n) is 7.24. The third-order valence-corrected chi connectivity index (χ3v) is 4.68. The van der Waals surface area contributed by atoms with Gasteiger partial charge in [-0.2, -0.15) is 5.10 Å². The van der Waals surface area contributed by atoms with Gasteiger partial charge >= 0.3 is 0 Å². The first-order chi connectivity index (χ1) is 12.1. The zero-order chi connectivity index (χ0) is 17.6. The standard InChI is InChI=1S/C16H14BrFN6S/c17-13-3-1-2-12(8-13)10-25-16-23-22-15(24(16)19)21-20-9-11-4-6-14(18)7-5-11/h1-9H,10,19H2,(H,21,22)/b20-9+. The largest absolute Gasteiger partial charge is 0.334 e. The Morgan fingerprint density at radius 2 is 2.04 bits per heavy atom. The van der Waals surface area contributed by atoms with E-state index < -0.39 is 0 Å². The quantitative estimate of drug-likeness (QED) is 0.275. The van der Waals surface area contributed by atoms with Gasteiger partial charge in [-0.15, -0.1) is 10.2 Å². The topological polar surface area (TPSA) is 81.1 Å². The number of aromatic nitrogens is 3. The fraction of sp³-hybridized carbons (Fsp3) is 0.0625. The third-order valence-electron chi connectivity index (χ3n) is 3.17. The fourth-order valence-corrected chi connectivity index (χ4v) is 3.19. The number of hydrogen-bond donors (Lipinski definition) is 2. The Morgan fingerprint density at radius 1 is 1.24 bits per heavy atom. The lowest BCUT2D eigenvalue weighted by molar-refractivity contribution is 0.628. The number of hydrogen-bond acceptors (Lipinski definition) is 6. The number of hydrazone groups is 1. The van der Waals surface area contributed by atoms with Gasteiger partial charge in [0.25, 0.3) is 5.95 Å². The van der Waals surface area contributed by atoms with Gasteiger partial charge in [-0.3, -0.25) is 0 Å². The van der Waals surface area contributed by atoms with Crippen LogP contribution in [-0.2, 0) is 5.75 Å². The Morgan fingerprint density at radius 3 is 2.80 bits per heavy atom. The summed E-state index contributed by atoms with van der Waals surface area (Å²) < 4.78 is 15.2. The van der Waals surface area contributed by atoms with Crippen LogP contribution in [0, 0.1) is 5.82 Å². The minimum Gasteiger partial charge on any atom is -0.334 e. The van der Waals surface area contributed by atoms with Gasteiger partial charge in [-0.05, 0) is 35.4 Å². The molecule has 0 aliphatic carbocycles. The minimum atomic E-state index is -0.293. The van der Waals surface area contributed by atoms with Crippen LogP contribution in [0.1, 0.15) is 11.1 Å². The zero-order valence-electron chi connectivity index (χ0n) is 12.9. The summed E-state index contributed by atoms with van der Waals surface area (Å²) in [6.07, 6.45) is 1.54. The van der Waals surface area contributed by atoms with Crippen molar-refractivity contribution in [3.8, 4) is 0 Å². The molecule has 0 fully saturated rings. The van der Waals surface area contributed by atoms with Crippen LogP contribution in [0.4, 0.5) is 10.3 Å². The van der Waals surface area contributed by atoms with Gasteiger partial charge in [0.15, 0.2) is 0 Å². The predicted octanol–water partition coefficient (Wildman–Crippen LogP) is 3.63. The number of nitrogens with one attached hydrogen (secondary N) is 1. The van der Waals surface area contributed by atoms with E-state index in [0.29, 0.717) is 16.9 Å². The third kappa shape index (κ3) is 4.80. The smallest absolute Gasteiger partial charge is 0.264 e. The first kappa shape index (κ1) is 17.4. The molecule has 0 aliphatic heterocycles. The van der Waals surface area contributed by atoms with Crippen molar-refractivity contribution in [2.45, 2.75) is 10.9 Å². The van der Waals surface area contributed by atoms with Gasteiger partial charge < -0.3 is 5.84 Å². The number of anilines is 1. The van der Waals surface area contributed by atoms with Gasteiger partial charge in [0.05, 0.1) is 6.21 Å². The van der Waals surface area contributed by atoms with Crippen LogP contribution in [0.25, 0.3) is 0 Å². The Kier molecular flexibility index (Phi) is 5.67. The van der Waals surface area contributed by atoms with E-state index in [4.69, 9.17) is 5.84 Å². The van der Waals surface area contributed by atoms with E-state index in [1.807, 2.05) is 24.3 Å². The maximum absolute atomic E-state index is 12.8. The van der Waals surface area contributed by atoms with Crippen molar-refractivity contribution in [3.63, 3.8) is 0 Å². The van der Waals surface area contributed by atoms with Crippen molar-refractivity contribution in [3.05, 3.63) is 69.9 Å². The molecule has 2 aromatic carbocycles. The number of halogens is 2. The number of benzene rings is 2. The van der Waals surface area contributed by atoms with Crippen LogP contribution in [0.2, 0.25) is 0 Å². The molecule has 0 aliphatic rings. The van der Waals surface area contributed by atoms with Gasteiger partial charge in [0, 0.05) is 10.2 Å². The molecule has 6 nitrogen and oxygen atoms in total. The number of nitrogen functional groups attached to an aromatic ring is 1. The van der Waals surface area contributed by atoms with Crippen molar-refractivity contribution in [1.29, 1.82) is 0 Å². The molecule has 1 heterocycles. The van der Waals surface area contributed by atoms with Crippen LogP contribution in [0.3, 0.4) is 0 Å². The maximum atomic E-state index is 12.8. The highest BCUT2D eigenvalue weighted by atomic mass is 79.9. The molecule has 0 bridgehead atoms. The van der Waals surface area contributed by atoms with Gasteiger partial charge in [-0.1, -0.05) is 52.0 Å². The van der Waals surface area contributed by atoms with Crippen LogP contribution in [0.15, 0.2) is 63.3 Å². The van der Waals surface area contributed by atoms with E-state index in [0.717, 1.165) is 15.6 Å². The molecule has 3 N–H and O–H groups in total. The summed E-state index contributed by atoms with van der Waals surface area (Å²) >= 11 is 4.92. The fourth-order valence-electron chi connectivity index (χ4n) is 1.94. The Labute approximate surface area is 156 Å². The lowest BCUT2D eigenvalue weighted by Gasteiger charge is -2.03. The summed E-state index contributed by atoms with van der Waals surface area (Å²) in [5, 5.41) is 12.6. The van der Waals surface area contributed by atoms with Gasteiger partial charge in [-0.25, -0.2) is 14.5 Å². The van der Waals surface area contributed by atoms with Crippen molar-refractivity contribution >= 4 is 39.9 Å². The van der Waals surface area contributed by atoms with E-state index in [1.54, 1.807) is 18.3 Å². The molecule has 3 aromatic rings. The average Bonchev–Trinajstić information content (AvgIpc) is 2.95. The summed E-state index contributed by atoms with van der Waals surface area (Å²) in [7, 11) is 0. The molecule has 0 radical (unpaired) electrons. The van der Waals surface area contributed by atoms with Crippen LogP contribution < -0.4 is 11.3 Å². The number of thioether (sulfide) groups is 1. The van der Waals surface area contributed by atoms with Gasteiger partial charge in [0.2, 0.25) is 5.16 Å². The highest BCUT2D eigenvalue weighted by Crippen LogP contribution is 2.23. The molecule has 128 valence electrons. The Hall–Kier alpha value is -2.39. The second-order valence-corrected chi connectivity index (χ2v) is 6.87. The summed E-state index contributed by atoms with van der Waals surface area (Å²) in [6.45, 7) is 0. The van der Waals surface area contributed by atoms with Crippen molar-refractivity contribution in [2.75, 3.05) is 11.3 Å². The SMILES string of the molecule is Nn1c(N/N=C/c2ccc(F)cc2)nnc1SCc1cccc(Br)c1. The molecule has 0 spiro atoms. The number of rotatable bonds is 6. The molecule has 1 aromatic heterocycles. The first-order valence-corrected chi connectivity index (χ1v) is 9.02. The molecule has 0 saturated heterocycles. The van der Waals surface area contributed by atoms with Crippen molar-refractivity contribution < 1.29 is 4.39 Å².